The number of likely N-dealkylation sites (tertiary alicyclic amines) is 1. The van der Waals surface area contributed by atoms with E-state index < -0.39 is 5.91 Å². The fourth-order valence-corrected chi connectivity index (χ4v) is 2.73. The molecule has 0 radical (unpaired) electrons. The first-order chi connectivity index (χ1) is 12.1. The number of carbonyl (C=O) groups is 1. The summed E-state index contributed by atoms with van der Waals surface area (Å²) in [6.07, 6.45) is 1.07. The van der Waals surface area contributed by atoms with Crippen molar-refractivity contribution in [1.82, 2.24) is 10.2 Å². The molecule has 1 aromatic heterocycles. The second kappa shape index (κ2) is 10.0. The van der Waals surface area contributed by atoms with Crippen LogP contribution in [0, 0.1) is 5.92 Å². The molecule has 1 aromatic rings. The first-order valence-electron chi connectivity index (χ1n) is 8.62. The quantitative estimate of drug-likeness (QED) is 0.388. The Balaban J connectivity index is 1.87. The van der Waals surface area contributed by atoms with Gasteiger partial charge in [0.15, 0.2) is 11.7 Å². The Labute approximate surface area is 148 Å². The second-order valence-corrected chi connectivity index (χ2v) is 5.97. The van der Waals surface area contributed by atoms with Gasteiger partial charge in [0.1, 0.15) is 12.3 Å². The largest absolute Gasteiger partial charge is 0.454 e. The summed E-state index contributed by atoms with van der Waals surface area (Å²) >= 11 is 0. The Morgan fingerprint density at radius 1 is 1.48 bits per heavy atom. The summed E-state index contributed by atoms with van der Waals surface area (Å²) in [6.45, 7) is 7.02. The van der Waals surface area contributed by atoms with Gasteiger partial charge in [-0.3, -0.25) is 4.79 Å². The molecule has 1 aliphatic rings. The van der Waals surface area contributed by atoms with E-state index in [1.54, 1.807) is 19.2 Å². The first kappa shape index (κ1) is 19.3. The van der Waals surface area contributed by atoms with Gasteiger partial charge in [-0.2, -0.15) is 0 Å². The number of nitrogens with zero attached hydrogens (tertiary/aromatic N) is 2. The van der Waals surface area contributed by atoms with Crippen molar-refractivity contribution in [2.45, 2.75) is 19.9 Å². The molecule has 0 saturated carbocycles. The summed E-state index contributed by atoms with van der Waals surface area (Å²) in [4.78, 5) is 17.9. The van der Waals surface area contributed by atoms with Crippen LogP contribution in [0.3, 0.4) is 0 Å². The number of furan rings is 1. The van der Waals surface area contributed by atoms with Crippen LogP contribution in [-0.4, -0.2) is 63.3 Å². The number of nitrogens with two attached hydrogens (primary N) is 1. The smallest absolute Gasteiger partial charge is 0.284 e. The topological polar surface area (TPSA) is 102 Å². The molecule has 8 heteroatoms. The molecule has 25 heavy (non-hydrogen) atoms. The molecule has 1 aliphatic heterocycles. The van der Waals surface area contributed by atoms with E-state index in [1.165, 1.54) is 0 Å². The minimum absolute atomic E-state index is 0.157. The highest BCUT2D eigenvalue weighted by Crippen LogP contribution is 2.17. The molecular formula is C17H28N4O4. The molecule has 0 spiro atoms. The zero-order valence-electron chi connectivity index (χ0n) is 15.0. The van der Waals surface area contributed by atoms with E-state index in [-0.39, 0.29) is 5.76 Å². The number of rotatable bonds is 9. The van der Waals surface area contributed by atoms with E-state index in [0.29, 0.717) is 31.4 Å². The van der Waals surface area contributed by atoms with Gasteiger partial charge >= 0.3 is 0 Å². The Bertz CT molecular complexity index is 573. The normalized spacial score (nSPS) is 17.9. The zero-order chi connectivity index (χ0) is 18.1. The maximum Gasteiger partial charge on any atom is 0.284 e. The summed E-state index contributed by atoms with van der Waals surface area (Å²) in [7, 11) is 1.67. The van der Waals surface area contributed by atoms with Gasteiger partial charge in [0, 0.05) is 32.7 Å². The molecule has 0 bridgehead atoms. The molecule has 140 valence electrons. The van der Waals surface area contributed by atoms with Crippen molar-refractivity contribution in [2.75, 3.05) is 46.6 Å². The van der Waals surface area contributed by atoms with Crippen LogP contribution in [-0.2, 0) is 16.0 Å². The third kappa shape index (κ3) is 6.06. The Morgan fingerprint density at radius 2 is 2.32 bits per heavy atom. The highest BCUT2D eigenvalue weighted by molar-refractivity contribution is 5.89. The third-order valence-electron chi connectivity index (χ3n) is 3.99. The van der Waals surface area contributed by atoms with Crippen molar-refractivity contribution >= 4 is 11.9 Å². The van der Waals surface area contributed by atoms with E-state index in [0.717, 1.165) is 38.6 Å². The number of primary amides is 1. The zero-order valence-corrected chi connectivity index (χ0v) is 15.0. The first-order valence-corrected chi connectivity index (χ1v) is 8.62. The van der Waals surface area contributed by atoms with Crippen molar-refractivity contribution in [1.29, 1.82) is 0 Å². The van der Waals surface area contributed by atoms with Crippen molar-refractivity contribution in [2.24, 2.45) is 16.6 Å². The van der Waals surface area contributed by atoms with Crippen LogP contribution >= 0.6 is 0 Å². The van der Waals surface area contributed by atoms with E-state index in [2.05, 4.69) is 15.2 Å². The predicted molar refractivity (Wildman–Crippen MR) is 94.4 cm³/mol. The van der Waals surface area contributed by atoms with Crippen LogP contribution in [0.4, 0.5) is 0 Å². The highest BCUT2D eigenvalue weighted by atomic mass is 16.5. The van der Waals surface area contributed by atoms with E-state index in [9.17, 15) is 4.79 Å². The molecular weight excluding hydrogens is 324 g/mol. The molecule has 0 aliphatic carbocycles. The highest BCUT2D eigenvalue weighted by Gasteiger charge is 2.25. The number of hydrogen-bond donors (Lipinski definition) is 2. The lowest BCUT2D eigenvalue weighted by atomic mass is 10.1. The number of guanidine groups is 1. The Morgan fingerprint density at radius 3 is 3.00 bits per heavy atom. The maximum atomic E-state index is 11.1. The number of carbonyl (C=O) groups excluding carboxylic acids is 1. The third-order valence-corrected chi connectivity index (χ3v) is 3.99. The number of hydrogen-bond acceptors (Lipinski definition) is 5. The Hall–Kier alpha value is -2.06. The number of amides is 1. The van der Waals surface area contributed by atoms with Gasteiger partial charge in [0.05, 0.1) is 19.8 Å². The molecule has 8 nitrogen and oxygen atoms in total. The lowest BCUT2D eigenvalue weighted by molar-refractivity contribution is 0.0536. The molecule has 1 fully saturated rings. The molecule has 1 atom stereocenters. The van der Waals surface area contributed by atoms with Gasteiger partial charge in [0.25, 0.3) is 5.91 Å². The standard InChI is InChI=1S/C17H28N4O4/c1-3-19-17(20-10-14-4-5-15(25-14)16(18)22)21-7-6-13(11-21)12-24-9-8-23-2/h4-5,13H,3,6-12H2,1-2H3,(H2,18,22)(H,19,20). The minimum atomic E-state index is -0.571. The molecule has 1 amide bonds. The molecule has 2 rings (SSSR count). The van der Waals surface area contributed by atoms with Crippen molar-refractivity contribution < 1.29 is 18.7 Å². The molecule has 1 saturated heterocycles. The fraction of sp³-hybridized carbons (Fsp3) is 0.647. The number of aliphatic imine (C=N–C) groups is 1. The summed E-state index contributed by atoms with van der Waals surface area (Å²) in [5.74, 6) is 1.54. The lowest BCUT2D eigenvalue weighted by Gasteiger charge is -2.21. The van der Waals surface area contributed by atoms with Gasteiger partial charge in [0.2, 0.25) is 0 Å². The molecule has 0 aromatic carbocycles. The van der Waals surface area contributed by atoms with Gasteiger partial charge < -0.3 is 29.8 Å². The van der Waals surface area contributed by atoms with Gasteiger partial charge in [-0.25, -0.2) is 4.99 Å². The van der Waals surface area contributed by atoms with E-state index in [1.807, 2.05) is 6.92 Å². The minimum Gasteiger partial charge on any atom is -0.454 e. The SMILES string of the molecule is CCNC(=NCc1ccc(C(N)=O)o1)N1CCC(COCCOC)C1. The summed E-state index contributed by atoms with van der Waals surface area (Å²) in [5.41, 5.74) is 5.20. The van der Waals surface area contributed by atoms with Crippen molar-refractivity contribution in [3.8, 4) is 0 Å². The average Bonchev–Trinajstić information content (AvgIpc) is 3.25. The van der Waals surface area contributed by atoms with E-state index >= 15 is 0 Å². The van der Waals surface area contributed by atoms with Gasteiger partial charge in [-0.1, -0.05) is 0 Å². The second-order valence-electron chi connectivity index (χ2n) is 5.97. The van der Waals surface area contributed by atoms with Gasteiger partial charge in [-0.05, 0) is 25.5 Å². The van der Waals surface area contributed by atoms with Gasteiger partial charge in [-0.15, -0.1) is 0 Å². The molecule has 2 heterocycles. The number of methoxy groups -OCH3 is 1. The monoisotopic (exact) mass is 352 g/mol. The summed E-state index contributed by atoms with van der Waals surface area (Å²) < 4.78 is 16.0. The van der Waals surface area contributed by atoms with Crippen LogP contribution in [0.15, 0.2) is 21.5 Å². The van der Waals surface area contributed by atoms with E-state index in [4.69, 9.17) is 19.6 Å². The lowest BCUT2D eigenvalue weighted by Crippen LogP contribution is -2.40. The number of ether oxygens (including phenoxy) is 2. The Kier molecular flexibility index (Phi) is 7.75. The van der Waals surface area contributed by atoms with Crippen LogP contribution in [0.1, 0.15) is 29.7 Å². The summed E-state index contributed by atoms with van der Waals surface area (Å²) in [5, 5.41) is 3.30. The number of nitrogens with one attached hydrogen (secondary N) is 1. The van der Waals surface area contributed by atoms with Crippen molar-refractivity contribution in [3.05, 3.63) is 23.7 Å². The van der Waals surface area contributed by atoms with Crippen LogP contribution in [0.2, 0.25) is 0 Å². The van der Waals surface area contributed by atoms with Crippen molar-refractivity contribution in [3.63, 3.8) is 0 Å². The maximum absolute atomic E-state index is 11.1. The predicted octanol–water partition coefficient (Wildman–Crippen LogP) is 0.829. The van der Waals surface area contributed by atoms with Crippen LogP contribution in [0.25, 0.3) is 0 Å². The molecule has 1 unspecified atom stereocenters. The fourth-order valence-electron chi connectivity index (χ4n) is 2.73. The molecule has 3 N–H and O–H groups in total. The average molecular weight is 352 g/mol. The summed E-state index contributed by atoms with van der Waals surface area (Å²) in [6, 6.07) is 3.30. The van der Waals surface area contributed by atoms with Crippen LogP contribution in [0.5, 0.6) is 0 Å². The van der Waals surface area contributed by atoms with Crippen LogP contribution < -0.4 is 11.1 Å².